The summed E-state index contributed by atoms with van der Waals surface area (Å²) >= 11 is 0. The Balaban J connectivity index is 1.01. The summed E-state index contributed by atoms with van der Waals surface area (Å²) in [5, 5.41) is 72.7. The van der Waals surface area contributed by atoms with Crippen LogP contribution in [0.15, 0.2) is 37.0 Å². The molecule has 19 atom stereocenters. The fraction of sp³-hybridized carbons (Fsp3) is 0.880. The molecule has 3 saturated carbocycles. The summed E-state index contributed by atoms with van der Waals surface area (Å²) < 4.78 is 37.0. The van der Waals surface area contributed by atoms with Crippen molar-refractivity contribution < 1.29 is 64.2 Å². The minimum absolute atomic E-state index is 0.00116. The van der Waals surface area contributed by atoms with Crippen LogP contribution in [0.1, 0.15) is 131 Å². The normalized spacial score (nSPS) is 46.1. The number of ether oxygens (including phenoxy) is 6. The molecule has 7 N–H and O–H groups in total. The highest BCUT2D eigenvalue weighted by molar-refractivity contribution is 5.32. The van der Waals surface area contributed by atoms with E-state index in [9.17, 15) is 35.7 Å². The summed E-state index contributed by atoms with van der Waals surface area (Å²) in [6.07, 6.45) is 8.88. The minimum atomic E-state index is -1.20. The van der Waals surface area contributed by atoms with Crippen LogP contribution >= 0.6 is 0 Å². The fourth-order valence-electron chi connectivity index (χ4n) is 14.2. The number of hydrogen-bond acceptors (Lipinski definition) is 13. The monoisotopic (exact) mass is 891 g/mol. The van der Waals surface area contributed by atoms with Gasteiger partial charge in [-0.2, -0.15) is 0 Å². The van der Waals surface area contributed by atoms with E-state index in [1.807, 2.05) is 0 Å². The zero-order valence-corrected chi connectivity index (χ0v) is 39.0. The van der Waals surface area contributed by atoms with Crippen molar-refractivity contribution in [3.8, 4) is 0 Å². The van der Waals surface area contributed by atoms with E-state index < -0.39 is 79.9 Å². The summed E-state index contributed by atoms with van der Waals surface area (Å²) in [6.45, 7) is 21.7. The lowest BCUT2D eigenvalue weighted by atomic mass is 9.38. The summed E-state index contributed by atoms with van der Waals surface area (Å²) in [4.78, 5) is 0. The van der Waals surface area contributed by atoms with Crippen molar-refractivity contribution in [2.75, 3.05) is 19.8 Å². The van der Waals surface area contributed by atoms with E-state index in [-0.39, 0.29) is 59.7 Å². The van der Waals surface area contributed by atoms with Crippen molar-refractivity contribution in [2.45, 2.75) is 211 Å². The Hall–Kier alpha value is -1.30. The van der Waals surface area contributed by atoms with Crippen LogP contribution in [-0.4, -0.2) is 135 Å². The van der Waals surface area contributed by atoms with E-state index >= 15 is 0 Å². The average Bonchev–Trinajstić information content (AvgIpc) is 3.53. The second-order valence-electron chi connectivity index (χ2n) is 22.2. The van der Waals surface area contributed by atoms with E-state index in [1.165, 1.54) is 5.57 Å². The van der Waals surface area contributed by atoms with Crippen LogP contribution < -0.4 is 0 Å². The quantitative estimate of drug-likeness (QED) is 0.0968. The maximum absolute atomic E-state index is 11.5. The SMILES string of the molecule is C=C[C@H](CC[C@@H](O[C@H]1C[C@@H](O)C[C@@H](CO[C@H]2O[C@H](CO)[C@@H](O)C[C@H]2O)O1)C(C)(C)O)C1CC[C@@]2(C=C)C3CC=C4C(CC[C@H](O[C@H]5C[C@@H](O)C[C@@H](CO)O5)C4(C)C)[C@]3(C)CC[C@]12C. The first kappa shape index (κ1) is 49.6. The molecule has 0 radical (unpaired) electrons. The van der Waals surface area contributed by atoms with Crippen LogP contribution in [0.2, 0.25) is 0 Å². The van der Waals surface area contributed by atoms with Gasteiger partial charge in [0.1, 0.15) is 12.2 Å². The second kappa shape index (κ2) is 19.4. The molecule has 0 spiro atoms. The minimum Gasteiger partial charge on any atom is -0.394 e. The van der Waals surface area contributed by atoms with Crippen molar-refractivity contribution in [3.63, 3.8) is 0 Å². The maximum atomic E-state index is 11.5. The molecule has 13 heteroatoms. The van der Waals surface area contributed by atoms with Crippen LogP contribution in [0.25, 0.3) is 0 Å². The molecule has 7 aliphatic rings. The van der Waals surface area contributed by atoms with Crippen LogP contribution in [0.3, 0.4) is 0 Å². The standard InChI is InChI=1S/C50H82O13/c1-9-29(11-15-42(47(5,6)57)63-44-24-31(54)22-33(60-44)28-58-45-38(56)25-37(55)39(27-52)61-45)34-17-18-50(10-2)40-14-12-35-36(48(40,7)19-20-49(34,50)8)13-16-41(46(35,3)4)62-43-23-30(53)21-32(26-51)59-43/h9-10,12,29-34,36-45,51-57H,1-2,11,13-28H2,3-8H3/t29-,30+,31+,32+,33+,34?,36?,37+,38-,39-,40?,41+,42-,43+,44+,45+,48+,49-,50+/m1/s1. The van der Waals surface area contributed by atoms with Gasteiger partial charge in [0.25, 0.3) is 0 Å². The molecule has 7 rings (SSSR count). The second-order valence-corrected chi connectivity index (χ2v) is 22.2. The van der Waals surface area contributed by atoms with Gasteiger partial charge < -0.3 is 64.2 Å². The van der Waals surface area contributed by atoms with Crippen LogP contribution in [0.4, 0.5) is 0 Å². The van der Waals surface area contributed by atoms with Crippen molar-refractivity contribution in [1.29, 1.82) is 0 Å². The van der Waals surface area contributed by atoms with Crippen LogP contribution in [0, 0.1) is 45.3 Å². The van der Waals surface area contributed by atoms with Gasteiger partial charge in [-0.05, 0) is 112 Å². The lowest BCUT2D eigenvalue weighted by molar-refractivity contribution is -0.296. The lowest BCUT2D eigenvalue weighted by Gasteiger charge is -2.66. The maximum Gasteiger partial charge on any atom is 0.184 e. The topological polar surface area (TPSA) is 197 Å². The van der Waals surface area contributed by atoms with Crippen molar-refractivity contribution in [3.05, 3.63) is 37.0 Å². The van der Waals surface area contributed by atoms with Crippen molar-refractivity contribution >= 4 is 0 Å². The Morgan fingerprint density at radius 2 is 1.52 bits per heavy atom. The Morgan fingerprint density at radius 1 is 0.825 bits per heavy atom. The van der Waals surface area contributed by atoms with Gasteiger partial charge in [0.2, 0.25) is 0 Å². The summed E-state index contributed by atoms with van der Waals surface area (Å²) in [7, 11) is 0. The van der Waals surface area contributed by atoms with Crippen molar-refractivity contribution in [1.82, 2.24) is 0 Å². The van der Waals surface area contributed by atoms with Gasteiger partial charge in [0.15, 0.2) is 18.9 Å². The van der Waals surface area contributed by atoms with E-state index in [0.717, 1.165) is 51.4 Å². The van der Waals surface area contributed by atoms with Gasteiger partial charge in [-0.3, -0.25) is 0 Å². The third-order valence-electron chi connectivity index (χ3n) is 17.8. The smallest absolute Gasteiger partial charge is 0.184 e. The van der Waals surface area contributed by atoms with E-state index in [4.69, 9.17) is 28.4 Å². The molecule has 6 fully saturated rings. The third kappa shape index (κ3) is 9.59. The molecule has 3 aliphatic heterocycles. The first-order valence-corrected chi connectivity index (χ1v) is 24.2. The zero-order chi connectivity index (χ0) is 45.7. The summed E-state index contributed by atoms with van der Waals surface area (Å²) in [5.41, 5.74) is 0.138. The van der Waals surface area contributed by atoms with Gasteiger partial charge in [-0.25, -0.2) is 0 Å². The van der Waals surface area contributed by atoms with Crippen LogP contribution in [0.5, 0.6) is 0 Å². The highest BCUT2D eigenvalue weighted by Crippen LogP contribution is 2.75. The lowest BCUT2D eigenvalue weighted by Crippen LogP contribution is -2.59. The van der Waals surface area contributed by atoms with E-state index in [2.05, 4.69) is 59.1 Å². The average molecular weight is 891 g/mol. The highest BCUT2D eigenvalue weighted by Gasteiger charge is 2.68. The number of hydrogen-bond donors (Lipinski definition) is 7. The third-order valence-corrected chi connectivity index (χ3v) is 17.8. The first-order chi connectivity index (χ1) is 29.7. The van der Waals surface area contributed by atoms with E-state index in [0.29, 0.717) is 43.4 Å². The molecule has 3 unspecified atom stereocenters. The number of allylic oxidation sites excluding steroid dienone is 3. The molecular weight excluding hydrogens is 809 g/mol. The largest absolute Gasteiger partial charge is 0.394 e. The Labute approximate surface area is 376 Å². The molecule has 360 valence electrons. The molecule has 4 aliphatic carbocycles. The predicted molar refractivity (Wildman–Crippen MR) is 236 cm³/mol. The Morgan fingerprint density at radius 3 is 2.19 bits per heavy atom. The molecule has 0 bridgehead atoms. The molecule has 3 heterocycles. The van der Waals surface area contributed by atoms with Gasteiger partial charge >= 0.3 is 0 Å². The molecule has 0 amide bonds. The number of aliphatic hydroxyl groups is 7. The molecule has 0 aromatic carbocycles. The molecular formula is C50H82O13. The number of rotatable bonds is 16. The molecule has 0 aromatic rings. The van der Waals surface area contributed by atoms with E-state index in [1.54, 1.807) is 13.8 Å². The molecule has 63 heavy (non-hydrogen) atoms. The predicted octanol–water partition coefficient (Wildman–Crippen LogP) is 5.45. The summed E-state index contributed by atoms with van der Waals surface area (Å²) in [5.74, 6) is 1.43. The highest BCUT2D eigenvalue weighted by atomic mass is 16.7. The van der Waals surface area contributed by atoms with Gasteiger partial charge in [0, 0.05) is 37.5 Å². The molecule has 3 saturated heterocycles. The van der Waals surface area contributed by atoms with Crippen LogP contribution in [-0.2, 0) is 28.4 Å². The van der Waals surface area contributed by atoms with Crippen molar-refractivity contribution in [2.24, 2.45) is 45.3 Å². The first-order valence-electron chi connectivity index (χ1n) is 24.2. The number of fused-ring (bicyclic) bond motifs is 5. The fourth-order valence-corrected chi connectivity index (χ4v) is 14.2. The number of aliphatic hydroxyl groups excluding tert-OH is 6. The Bertz CT molecular complexity index is 1600. The zero-order valence-electron chi connectivity index (χ0n) is 39.0. The van der Waals surface area contributed by atoms with Gasteiger partial charge in [0.05, 0.1) is 68.1 Å². The molecule has 0 aromatic heterocycles. The summed E-state index contributed by atoms with van der Waals surface area (Å²) in [6, 6.07) is 0. The Kier molecular flexibility index (Phi) is 15.2. The van der Waals surface area contributed by atoms with Gasteiger partial charge in [-0.1, -0.05) is 51.5 Å². The molecule has 13 nitrogen and oxygen atoms in total. The van der Waals surface area contributed by atoms with Gasteiger partial charge in [-0.15, -0.1) is 13.2 Å².